The predicted molar refractivity (Wildman–Crippen MR) is 159 cm³/mol. The normalized spacial score (nSPS) is 35.0. The van der Waals surface area contributed by atoms with Gasteiger partial charge in [0.15, 0.2) is 35.0 Å². The number of aliphatic hydroxyl groups is 1. The van der Waals surface area contributed by atoms with Crippen LogP contribution in [0, 0.1) is 5.92 Å². The van der Waals surface area contributed by atoms with Crippen molar-refractivity contribution in [2.45, 2.75) is 49.2 Å². The zero-order valence-corrected chi connectivity index (χ0v) is 26.2. The van der Waals surface area contributed by atoms with E-state index in [0.717, 1.165) is 0 Å². The van der Waals surface area contributed by atoms with Crippen molar-refractivity contribution in [1.82, 2.24) is 43.8 Å². The van der Waals surface area contributed by atoms with Crippen molar-refractivity contribution in [3.8, 4) is 0 Å². The van der Waals surface area contributed by atoms with Crippen LogP contribution in [0.3, 0.4) is 0 Å². The molecule has 0 aromatic carbocycles. The lowest BCUT2D eigenvalue weighted by molar-refractivity contribution is -0.0545. The number of rotatable bonds is 3. The number of hydrogen-bond donors (Lipinski definition) is 6. The number of aliphatic hydroxyl groups excluding tert-OH is 1. The third-order valence-electron chi connectivity index (χ3n) is 8.18. The first-order chi connectivity index (χ1) is 21.9. The topological polar surface area (TPSA) is 292 Å². The monoisotopic (exact) mass is 701 g/mol. The van der Waals surface area contributed by atoms with E-state index >= 15 is 0 Å². The summed E-state index contributed by atoms with van der Waals surface area (Å²) < 4.78 is 60.9. The standard InChI is InChI=1S/C22H28N11O10PS2/c1-39-15-10-4-40-44(36,45)42-14-8(2-9(13(14)34)32-6-27-11-17(23)25-5-26-18(11)32)3-29-46(37,38)43-16(15)21(41-10)33-7-28-12-19(33)30-22(24)31-20(12)35/h5-10,13-16,21,29,34H,2-4H2,1H3,(H,36,45)(H2,23,25,26)(H3,24,30,31,35). The molecule has 1 aliphatic carbocycles. The Bertz CT molecular complexity index is 2020. The van der Waals surface area contributed by atoms with Gasteiger partial charge in [-0.05, 0) is 18.2 Å². The van der Waals surface area contributed by atoms with Crippen LogP contribution in [-0.2, 0) is 44.8 Å². The summed E-state index contributed by atoms with van der Waals surface area (Å²) in [6.45, 7) is -4.83. The molecule has 4 aromatic heterocycles. The van der Waals surface area contributed by atoms with Crippen LogP contribution in [-0.4, -0.2) is 108 Å². The molecule has 4 aromatic rings. The number of nitrogens with one attached hydrogen (secondary N) is 2. The van der Waals surface area contributed by atoms with Gasteiger partial charge in [0.05, 0.1) is 31.4 Å². The van der Waals surface area contributed by atoms with E-state index in [0.29, 0.717) is 11.2 Å². The number of H-pyrrole nitrogens is 1. The molecule has 9 atom stereocenters. The number of hydrogen-bond acceptors (Lipinski definition) is 17. The molecule has 0 radical (unpaired) electrons. The van der Waals surface area contributed by atoms with Crippen LogP contribution in [0.25, 0.3) is 22.3 Å². The largest absolute Gasteiger partial charge is 0.388 e. The average molecular weight is 702 g/mol. The quantitative estimate of drug-likeness (QED) is 0.124. The summed E-state index contributed by atoms with van der Waals surface area (Å²) in [6.07, 6.45) is -3.30. The van der Waals surface area contributed by atoms with E-state index in [2.05, 4.69) is 34.6 Å². The lowest BCUT2D eigenvalue weighted by Gasteiger charge is -2.28. The molecule has 2 bridgehead atoms. The highest BCUT2D eigenvalue weighted by Gasteiger charge is 2.52. The Hall–Kier alpha value is -3.22. The molecule has 6 heterocycles. The summed E-state index contributed by atoms with van der Waals surface area (Å²) >= 11 is 5.31. The van der Waals surface area contributed by atoms with Crippen molar-refractivity contribution in [3.63, 3.8) is 0 Å². The van der Waals surface area contributed by atoms with Gasteiger partial charge in [-0.25, -0.2) is 24.1 Å². The summed E-state index contributed by atoms with van der Waals surface area (Å²) in [5.74, 6) is -0.815. The fourth-order valence-corrected chi connectivity index (χ4v) is 8.61. The number of aromatic nitrogens is 8. The van der Waals surface area contributed by atoms with Crippen molar-refractivity contribution in [2.24, 2.45) is 5.92 Å². The number of methoxy groups -OCH3 is 1. The van der Waals surface area contributed by atoms with E-state index in [4.69, 9.17) is 46.0 Å². The predicted octanol–water partition coefficient (Wildman–Crippen LogP) is -2.19. The van der Waals surface area contributed by atoms with Gasteiger partial charge in [-0.2, -0.15) is 18.1 Å². The molecule has 21 nitrogen and oxygen atoms in total. The van der Waals surface area contributed by atoms with E-state index in [-0.39, 0.29) is 35.9 Å². The van der Waals surface area contributed by atoms with Crippen molar-refractivity contribution in [2.75, 3.05) is 31.7 Å². The summed E-state index contributed by atoms with van der Waals surface area (Å²) in [6, 6.07) is -0.734. The van der Waals surface area contributed by atoms with Crippen LogP contribution in [0.4, 0.5) is 11.8 Å². The fourth-order valence-electron chi connectivity index (χ4n) is 6.14. The second-order valence-electron chi connectivity index (χ2n) is 10.9. The third-order valence-corrected chi connectivity index (χ3v) is 10.7. The second-order valence-corrected chi connectivity index (χ2v) is 15.1. The SMILES string of the molecule is COC1C2COP(O)(=S)OC3C(CNS(=O)(=O)OC1C(n1cnc4c(=O)[nH]c(N)nc41)O2)CC(n1cnc2c(N)ncnc21)C3O. The summed E-state index contributed by atoms with van der Waals surface area (Å²) in [4.78, 5) is 46.4. The summed E-state index contributed by atoms with van der Waals surface area (Å²) in [5, 5.41) is 11.4. The maximum atomic E-state index is 13.4. The van der Waals surface area contributed by atoms with Crippen LogP contribution < -0.4 is 21.7 Å². The molecule has 2 saturated heterocycles. The van der Waals surface area contributed by atoms with Gasteiger partial charge in [0.1, 0.15) is 30.2 Å². The van der Waals surface area contributed by atoms with E-state index < -0.39 is 77.9 Å². The van der Waals surface area contributed by atoms with Crippen LogP contribution in [0.5, 0.6) is 0 Å². The van der Waals surface area contributed by atoms with Crippen LogP contribution in [0.1, 0.15) is 18.7 Å². The zero-order chi connectivity index (χ0) is 32.5. The molecule has 2 aliphatic heterocycles. The number of nitrogens with zero attached hydrogens (tertiary/aromatic N) is 7. The van der Waals surface area contributed by atoms with Crippen molar-refractivity contribution < 1.29 is 41.1 Å². The Labute approximate surface area is 263 Å². The Morgan fingerprint density at radius 1 is 1.13 bits per heavy atom. The minimum atomic E-state index is -4.56. The third kappa shape index (κ3) is 5.45. The van der Waals surface area contributed by atoms with Crippen molar-refractivity contribution in [1.29, 1.82) is 0 Å². The second kappa shape index (κ2) is 11.5. The number of fused-ring (bicyclic) bond motifs is 5. The van der Waals surface area contributed by atoms with Crippen LogP contribution >= 0.6 is 6.72 Å². The van der Waals surface area contributed by atoms with E-state index in [9.17, 15) is 23.2 Å². The van der Waals surface area contributed by atoms with E-state index in [1.54, 1.807) is 4.57 Å². The number of nitrogen functional groups attached to an aromatic ring is 2. The van der Waals surface area contributed by atoms with Crippen molar-refractivity contribution >= 4 is 62.9 Å². The molecule has 0 spiro atoms. The molecule has 3 aliphatic rings. The van der Waals surface area contributed by atoms with Gasteiger partial charge in [0.2, 0.25) is 5.95 Å². The first-order valence-corrected chi connectivity index (χ1v) is 17.7. The fraction of sp³-hybridized carbons (Fsp3) is 0.545. The maximum Gasteiger partial charge on any atom is 0.336 e. The molecular formula is C22H28N11O10PS2. The Kier molecular flexibility index (Phi) is 7.84. The lowest BCUT2D eigenvalue weighted by atomic mass is 10.1. The lowest BCUT2D eigenvalue weighted by Crippen LogP contribution is -2.42. The van der Waals surface area contributed by atoms with Gasteiger partial charge in [-0.3, -0.25) is 14.3 Å². The van der Waals surface area contributed by atoms with Gasteiger partial charge in [-0.1, -0.05) is 0 Å². The highest BCUT2D eigenvalue weighted by Crippen LogP contribution is 2.51. The molecule has 46 heavy (non-hydrogen) atoms. The number of ether oxygens (including phenoxy) is 2. The number of nitrogens with two attached hydrogens (primary N) is 2. The Morgan fingerprint density at radius 3 is 2.67 bits per heavy atom. The van der Waals surface area contributed by atoms with E-state index in [1.165, 1.54) is 30.7 Å². The summed E-state index contributed by atoms with van der Waals surface area (Å²) in [5.41, 5.74) is 11.6. The maximum absolute atomic E-state index is 13.4. The molecule has 248 valence electrons. The molecule has 7 rings (SSSR count). The molecule has 0 amide bonds. The number of anilines is 2. The Morgan fingerprint density at radius 2 is 1.89 bits per heavy atom. The first-order valence-electron chi connectivity index (χ1n) is 13.7. The highest BCUT2D eigenvalue weighted by atomic mass is 32.5. The molecule has 9 unspecified atom stereocenters. The van der Waals surface area contributed by atoms with Gasteiger partial charge < -0.3 is 44.6 Å². The van der Waals surface area contributed by atoms with Gasteiger partial charge >= 0.3 is 17.0 Å². The molecule has 3 fully saturated rings. The first kappa shape index (κ1) is 31.4. The minimum absolute atomic E-state index is 0.00812. The minimum Gasteiger partial charge on any atom is -0.388 e. The smallest absolute Gasteiger partial charge is 0.336 e. The average Bonchev–Trinajstić information content (AvgIpc) is 3.75. The summed E-state index contributed by atoms with van der Waals surface area (Å²) in [7, 11) is -3.26. The van der Waals surface area contributed by atoms with E-state index in [1.807, 2.05) is 0 Å². The van der Waals surface area contributed by atoms with Gasteiger partial charge in [0.25, 0.3) is 5.56 Å². The number of aromatic amines is 1. The molecule has 24 heteroatoms. The zero-order valence-electron chi connectivity index (χ0n) is 23.7. The Balaban J connectivity index is 1.22. The van der Waals surface area contributed by atoms with Gasteiger partial charge in [-0.15, -0.1) is 0 Å². The van der Waals surface area contributed by atoms with Crippen LogP contribution in [0.2, 0.25) is 0 Å². The molecule has 8 N–H and O–H groups in total. The molecule has 1 saturated carbocycles. The van der Waals surface area contributed by atoms with Gasteiger partial charge in [0, 0.05) is 19.6 Å². The van der Waals surface area contributed by atoms with Crippen molar-refractivity contribution in [3.05, 3.63) is 29.3 Å². The molecular weight excluding hydrogens is 673 g/mol. The highest BCUT2D eigenvalue weighted by molar-refractivity contribution is 8.07. The van der Waals surface area contributed by atoms with Crippen LogP contribution in [0.15, 0.2) is 23.8 Å². The number of imidazole rings is 2.